The Hall–Kier alpha value is -0.660. The highest BCUT2D eigenvalue weighted by molar-refractivity contribution is 8.02. The fraction of sp³-hybridized carbons (Fsp3) is 0.625. The van der Waals surface area contributed by atoms with Gasteiger partial charge in [-0.1, -0.05) is 18.7 Å². The van der Waals surface area contributed by atoms with E-state index in [1.807, 2.05) is 6.92 Å². The molecular weight excluding hydrogens is 236 g/mol. The van der Waals surface area contributed by atoms with Crippen molar-refractivity contribution in [1.29, 1.82) is 0 Å². The SMILES string of the molecule is CCc1nsc(SC(COC)C(=O)O)n1. The molecule has 1 aromatic heterocycles. The predicted molar refractivity (Wildman–Crippen MR) is 58.4 cm³/mol. The lowest BCUT2D eigenvalue weighted by Gasteiger charge is -2.07. The maximum Gasteiger partial charge on any atom is 0.319 e. The zero-order chi connectivity index (χ0) is 11.3. The van der Waals surface area contributed by atoms with Crippen molar-refractivity contribution in [3.8, 4) is 0 Å². The molecule has 7 heteroatoms. The molecule has 1 aromatic rings. The molecule has 0 aromatic carbocycles. The second kappa shape index (κ2) is 6.04. The van der Waals surface area contributed by atoms with E-state index >= 15 is 0 Å². The average Bonchev–Trinajstić information content (AvgIpc) is 2.65. The molecule has 1 heterocycles. The Morgan fingerprint density at radius 1 is 1.73 bits per heavy atom. The third-order valence-electron chi connectivity index (χ3n) is 1.60. The van der Waals surface area contributed by atoms with Crippen LogP contribution in [-0.2, 0) is 16.0 Å². The molecule has 1 atom stereocenters. The molecule has 1 N–H and O–H groups in total. The van der Waals surface area contributed by atoms with Gasteiger partial charge in [-0.05, 0) is 11.5 Å². The standard InChI is InChI=1S/C8H12N2O3S2/c1-3-6-9-8(15-10-6)14-5(4-13-2)7(11)12/h5H,3-4H2,1-2H3,(H,11,12). The Morgan fingerprint density at radius 3 is 2.93 bits per heavy atom. The first-order valence-corrected chi connectivity index (χ1v) is 6.03. The summed E-state index contributed by atoms with van der Waals surface area (Å²) in [5.41, 5.74) is 0. The lowest BCUT2D eigenvalue weighted by Crippen LogP contribution is -2.21. The number of aryl methyl sites for hydroxylation is 1. The van der Waals surface area contributed by atoms with E-state index in [4.69, 9.17) is 9.84 Å². The maximum absolute atomic E-state index is 10.8. The molecule has 1 unspecified atom stereocenters. The number of hydrogen-bond donors (Lipinski definition) is 1. The van der Waals surface area contributed by atoms with Crippen LogP contribution in [0.25, 0.3) is 0 Å². The van der Waals surface area contributed by atoms with Crippen LogP contribution in [0.2, 0.25) is 0 Å². The zero-order valence-corrected chi connectivity index (χ0v) is 10.1. The molecule has 5 nitrogen and oxygen atoms in total. The smallest absolute Gasteiger partial charge is 0.319 e. The van der Waals surface area contributed by atoms with E-state index < -0.39 is 11.2 Å². The van der Waals surface area contributed by atoms with Crippen molar-refractivity contribution in [3.63, 3.8) is 0 Å². The molecule has 15 heavy (non-hydrogen) atoms. The molecule has 0 saturated heterocycles. The van der Waals surface area contributed by atoms with E-state index in [0.717, 1.165) is 12.2 Å². The number of hydrogen-bond acceptors (Lipinski definition) is 6. The number of thioether (sulfide) groups is 1. The number of aromatic nitrogens is 2. The lowest BCUT2D eigenvalue weighted by molar-refractivity contribution is -0.137. The summed E-state index contributed by atoms with van der Waals surface area (Å²) in [6.45, 7) is 2.13. The number of aliphatic carboxylic acids is 1. The van der Waals surface area contributed by atoms with Gasteiger partial charge in [-0.2, -0.15) is 4.37 Å². The number of carbonyl (C=O) groups is 1. The Bertz CT molecular complexity index is 329. The fourth-order valence-corrected chi connectivity index (χ4v) is 2.70. The second-order valence-corrected chi connectivity index (χ2v) is 4.93. The first kappa shape index (κ1) is 12.4. The average molecular weight is 248 g/mol. The summed E-state index contributed by atoms with van der Waals surface area (Å²) in [7, 11) is 1.48. The monoisotopic (exact) mass is 248 g/mol. The quantitative estimate of drug-likeness (QED) is 0.765. The maximum atomic E-state index is 10.8. The highest BCUT2D eigenvalue weighted by Gasteiger charge is 2.20. The van der Waals surface area contributed by atoms with Crippen molar-refractivity contribution in [1.82, 2.24) is 9.36 Å². The van der Waals surface area contributed by atoms with Crippen molar-refractivity contribution in [3.05, 3.63) is 5.82 Å². The number of carboxylic acids is 1. The van der Waals surface area contributed by atoms with Gasteiger partial charge in [-0.15, -0.1) is 0 Å². The molecule has 0 fully saturated rings. The first-order valence-electron chi connectivity index (χ1n) is 4.38. The predicted octanol–water partition coefficient (Wildman–Crippen LogP) is 1.29. The molecule has 0 radical (unpaired) electrons. The van der Waals surface area contributed by atoms with Crippen molar-refractivity contribution < 1.29 is 14.6 Å². The van der Waals surface area contributed by atoms with E-state index in [9.17, 15) is 4.79 Å². The van der Waals surface area contributed by atoms with Gasteiger partial charge in [0.15, 0.2) is 4.34 Å². The highest BCUT2D eigenvalue weighted by atomic mass is 32.2. The van der Waals surface area contributed by atoms with E-state index in [1.54, 1.807) is 0 Å². The summed E-state index contributed by atoms with van der Waals surface area (Å²) < 4.78 is 9.59. The summed E-state index contributed by atoms with van der Waals surface area (Å²) >= 11 is 2.41. The van der Waals surface area contributed by atoms with E-state index in [-0.39, 0.29) is 6.61 Å². The summed E-state index contributed by atoms with van der Waals surface area (Å²) in [6, 6.07) is 0. The lowest BCUT2D eigenvalue weighted by atomic mass is 10.5. The van der Waals surface area contributed by atoms with Gasteiger partial charge >= 0.3 is 5.97 Å². The van der Waals surface area contributed by atoms with Gasteiger partial charge in [-0.25, -0.2) is 4.98 Å². The molecule has 0 amide bonds. The van der Waals surface area contributed by atoms with E-state index in [1.165, 1.54) is 30.4 Å². The highest BCUT2D eigenvalue weighted by Crippen LogP contribution is 2.25. The molecule has 84 valence electrons. The summed E-state index contributed by atoms with van der Waals surface area (Å²) in [6.07, 6.45) is 0.763. The number of methoxy groups -OCH3 is 1. The van der Waals surface area contributed by atoms with E-state index in [2.05, 4.69) is 9.36 Å². The van der Waals surface area contributed by atoms with Gasteiger partial charge in [0, 0.05) is 13.5 Å². The van der Waals surface area contributed by atoms with Crippen LogP contribution in [-0.4, -0.2) is 39.4 Å². The van der Waals surface area contributed by atoms with Crippen LogP contribution in [0.1, 0.15) is 12.7 Å². The zero-order valence-electron chi connectivity index (χ0n) is 8.47. The van der Waals surface area contributed by atoms with Crippen LogP contribution in [0, 0.1) is 0 Å². The van der Waals surface area contributed by atoms with Gasteiger partial charge < -0.3 is 9.84 Å². The summed E-state index contributed by atoms with van der Waals surface area (Å²) in [5, 5.41) is 8.27. The molecule has 0 spiro atoms. The molecule has 1 rings (SSSR count). The van der Waals surface area contributed by atoms with Gasteiger partial charge in [-0.3, -0.25) is 4.79 Å². The Labute approximate surface area is 96.0 Å². The third kappa shape index (κ3) is 3.77. The number of ether oxygens (including phenoxy) is 1. The van der Waals surface area contributed by atoms with Gasteiger partial charge in [0.05, 0.1) is 6.61 Å². The van der Waals surface area contributed by atoms with Crippen molar-refractivity contribution >= 4 is 29.3 Å². The van der Waals surface area contributed by atoms with Gasteiger partial charge in [0.25, 0.3) is 0 Å². The van der Waals surface area contributed by atoms with Crippen LogP contribution < -0.4 is 0 Å². The molecule has 0 aliphatic heterocycles. The number of carboxylic acid groups (broad SMARTS) is 1. The van der Waals surface area contributed by atoms with E-state index in [0.29, 0.717) is 4.34 Å². The van der Waals surface area contributed by atoms with Crippen LogP contribution in [0.3, 0.4) is 0 Å². The van der Waals surface area contributed by atoms with Gasteiger partial charge in [0.2, 0.25) is 0 Å². The number of rotatable bonds is 6. The summed E-state index contributed by atoms with van der Waals surface area (Å²) in [4.78, 5) is 15.0. The van der Waals surface area contributed by atoms with Crippen LogP contribution in [0.4, 0.5) is 0 Å². The second-order valence-electron chi connectivity index (χ2n) is 2.73. The van der Waals surface area contributed by atoms with Crippen molar-refractivity contribution in [2.45, 2.75) is 22.9 Å². The van der Waals surface area contributed by atoms with Gasteiger partial charge in [0.1, 0.15) is 11.1 Å². The minimum atomic E-state index is -0.893. The topological polar surface area (TPSA) is 72.3 Å². The third-order valence-corrected chi connectivity index (χ3v) is 3.58. The van der Waals surface area contributed by atoms with Crippen molar-refractivity contribution in [2.24, 2.45) is 0 Å². The van der Waals surface area contributed by atoms with Crippen LogP contribution in [0.15, 0.2) is 4.34 Å². The number of nitrogens with zero attached hydrogens (tertiary/aromatic N) is 2. The minimum absolute atomic E-state index is 0.168. The Morgan fingerprint density at radius 2 is 2.47 bits per heavy atom. The fourth-order valence-electron chi connectivity index (χ4n) is 0.858. The van der Waals surface area contributed by atoms with Crippen LogP contribution >= 0.6 is 23.3 Å². The minimum Gasteiger partial charge on any atom is -0.480 e. The molecular formula is C8H12N2O3S2. The summed E-state index contributed by atoms with van der Waals surface area (Å²) in [5.74, 6) is -0.140. The normalized spacial score (nSPS) is 12.7. The van der Waals surface area contributed by atoms with Crippen LogP contribution in [0.5, 0.6) is 0 Å². The Balaban J connectivity index is 2.61. The molecule has 0 aliphatic carbocycles. The van der Waals surface area contributed by atoms with Crippen molar-refractivity contribution in [2.75, 3.05) is 13.7 Å². The largest absolute Gasteiger partial charge is 0.480 e. The Kier molecular flexibility index (Phi) is 5.00. The first-order chi connectivity index (χ1) is 7.17. The molecule has 0 aliphatic rings. The molecule has 0 bridgehead atoms. The molecule has 0 saturated carbocycles.